The Bertz CT molecular complexity index is 876. The second-order valence-electron chi connectivity index (χ2n) is 5.83. The van der Waals surface area contributed by atoms with Crippen LogP contribution in [0.15, 0.2) is 58.5 Å². The third kappa shape index (κ3) is 6.74. The maximum Gasteiger partial charge on any atom is 0.276 e. The molecular weight excluding hydrogens is 366 g/mol. The predicted molar refractivity (Wildman–Crippen MR) is 106 cm³/mol. The highest BCUT2D eigenvalue weighted by molar-refractivity contribution is 7.89. The van der Waals surface area contributed by atoms with Gasteiger partial charge in [-0.05, 0) is 60.5 Å². The average molecular weight is 389 g/mol. The van der Waals surface area contributed by atoms with Crippen molar-refractivity contribution in [3.63, 3.8) is 0 Å². The summed E-state index contributed by atoms with van der Waals surface area (Å²) in [6.45, 7) is 4.15. The van der Waals surface area contributed by atoms with Crippen molar-refractivity contribution in [2.24, 2.45) is 5.10 Å². The second-order valence-corrected chi connectivity index (χ2v) is 7.49. The fourth-order valence-corrected chi connectivity index (χ4v) is 2.92. The van der Waals surface area contributed by atoms with Crippen molar-refractivity contribution in [1.29, 1.82) is 0 Å². The van der Waals surface area contributed by atoms with Gasteiger partial charge in [-0.2, -0.15) is 13.5 Å². The van der Waals surface area contributed by atoms with Crippen molar-refractivity contribution in [2.75, 3.05) is 11.9 Å². The number of benzene rings is 2. The molecule has 0 bridgehead atoms. The summed E-state index contributed by atoms with van der Waals surface area (Å²) in [7, 11) is -3.78. The summed E-state index contributed by atoms with van der Waals surface area (Å²) in [4.78, 5) is 13.2. The number of hydrazone groups is 1. The van der Waals surface area contributed by atoms with E-state index in [1.807, 2.05) is 12.1 Å². The lowest BCUT2D eigenvalue weighted by molar-refractivity contribution is -0.114. The first-order valence-electron chi connectivity index (χ1n) is 8.56. The van der Waals surface area contributed by atoms with E-state index in [9.17, 15) is 13.2 Å². The number of hydrogen-bond donors (Lipinski definition) is 2. The molecule has 7 nitrogen and oxygen atoms in total. The molecule has 0 unspecified atom stereocenters. The van der Waals surface area contributed by atoms with Crippen LogP contribution in [0.1, 0.15) is 32.3 Å². The van der Waals surface area contributed by atoms with Crippen LogP contribution in [0.4, 0.5) is 5.69 Å². The molecule has 2 aromatic carbocycles. The number of sulfonamides is 1. The predicted octanol–water partition coefficient (Wildman–Crippen LogP) is 3.14. The summed E-state index contributed by atoms with van der Waals surface area (Å²) in [5.41, 5.74) is 1.26. The van der Waals surface area contributed by atoms with E-state index in [-0.39, 0.29) is 10.8 Å². The monoisotopic (exact) mass is 389 g/mol. The number of unbranched alkanes of at least 4 members (excludes halogenated alkanes) is 1. The van der Waals surface area contributed by atoms with Gasteiger partial charge < -0.3 is 10.1 Å². The summed E-state index contributed by atoms with van der Waals surface area (Å²) in [6, 6.07) is 13.0. The minimum absolute atomic E-state index is 0.0495. The van der Waals surface area contributed by atoms with Gasteiger partial charge in [-0.15, -0.1) is 0 Å². The average Bonchev–Trinajstić information content (AvgIpc) is 2.63. The van der Waals surface area contributed by atoms with Crippen LogP contribution in [0, 0.1) is 0 Å². The first kappa shape index (κ1) is 20.4. The van der Waals surface area contributed by atoms with E-state index in [2.05, 4.69) is 22.2 Å². The number of amides is 1. The number of carbonyl (C=O) groups excluding carboxylic acids is 1. The van der Waals surface area contributed by atoms with Crippen LogP contribution in [0.2, 0.25) is 0 Å². The van der Waals surface area contributed by atoms with Crippen LogP contribution in [0.3, 0.4) is 0 Å². The number of nitrogens with one attached hydrogen (secondary N) is 2. The first-order valence-corrected chi connectivity index (χ1v) is 10.0. The molecule has 0 fully saturated rings. The smallest absolute Gasteiger partial charge is 0.276 e. The molecule has 144 valence electrons. The van der Waals surface area contributed by atoms with Crippen molar-refractivity contribution >= 4 is 27.8 Å². The Morgan fingerprint density at radius 2 is 1.78 bits per heavy atom. The lowest BCUT2D eigenvalue weighted by Crippen LogP contribution is -2.18. The molecule has 0 spiro atoms. The number of carbonyl (C=O) groups is 1. The van der Waals surface area contributed by atoms with Crippen LogP contribution < -0.4 is 14.9 Å². The first-order chi connectivity index (χ1) is 12.9. The zero-order chi connectivity index (χ0) is 19.7. The molecule has 0 saturated carbocycles. The van der Waals surface area contributed by atoms with Crippen molar-refractivity contribution in [3.05, 3.63) is 54.1 Å². The van der Waals surface area contributed by atoms with Gasteiger partial charge in [0.15, 0.2) is 0 Å². The van der Waals surface area contributed by atoms with Crippen molar-refractivity contribution in [3.8, 4) is 5.75 Å². The third-order valence-electron chi connectivity index (χ3n) is 3.52. The van der Waals surface area contributed by atoms with Crippen molar-refractivity contribution in [2.45, 2.75) is 31.6 Å². The molecule has 0 aliphatic carbocycles. The molecule has 0 atom stereocenters. The third-order valence-corrected chi connectivity index (χ3v) is 4.76. The largest absolute Gasteiger partial charge is 0.494 e. The Labute approximate surface area is 159 Å². The van der Waals surface area contributed by atoms with Gasteiger partial charge in [-0.3, -0.25) is 4.79 Å². The molecule has 0 aliphatic rings. The Morgan fingerprint density at radius 1 is 1.11 bits per heavy atom. The van der Waals surface area contributed by atoms with E-state index in [0.717, 1.165) is 24.2 Å². The van der Waals surface area contributed by atoms with E-state index in [0.29, 0.717) is 12.3 Å². The summed E-state index contributed by atoms with van der Waals surface area (Å²) in [6.07, 6.45) is 3.48. The molecule has 8 heteroatoms. The van der Waals surface area contributed by atoms with Crippen LogP contribution in [0.25, 0.3) is 0 Å². The Kier molecular flexibility index (Phi) is 7.36. The fourth-order valence-electron chi connectivity index (χ4n) is 2.13. The summed E-state index contributed by atoms with van der Waals surface area (Å²) in [5.74, 6) is 0.538. The van der Waals surface area contributed by atoms with E-state index in [1.165, 1.54) is 37.4 Å². The van der Waals surface area contributed by atoms with Gasteiger partial charge in [-0.25, -0.2) is 4.83 Å². The maximum atomic E-state index is 12.2. The van der Waals surface area contributed by atoms with Gasteiger partial charge in [0.05, 0.1) is 17.7 Å². The van der Waals surface area contributed by atoms with Crippen molar-refractivity contribution in [1.82, 2.24) is 4.83 Å². The zero-order valence-electron chi connectivity index (χ0n) is 15.3. The number of nitrogens with zero attached hydrogens (tertiary/aromatic N) is 1. The topological polar surface area (TPSA) is 96.9 Å². The number of ether oxygens (including phenoxy) is 1. The molecule has 0 aliphatic heterocycles. The summed E-state index contributed by atoms with van der Waals surface area (Å²) < 4.78 is 30.0. The van der Waals surface area contributed by atoms with Crippen LogP contribution >= 0.6 is 0 Å². The number of anilines is 1. The molecule has 0 radical (unpaired) electrons. The Hall–Kier alpha value is -2.87. The molecule has 0 aromatic heterocycles. The van der Waals surface area contributed by atoms with E-state index >= 15 is 0 Å². The van der Waals surface area contributed by atoms with Crippen molar-refractivity contribution < 1.29 is 17.9 Å². The highest BCUT2D eigenvalue weighted by atomic mass is 32.2. The zero-order valence-corrected chi connectivity index (χ0v) is 16.1. The highest BCUT2D eigenvalue weighted by Gasteiger charge is 2.12. The Balaban J connectivity index is 1.94. The van der Waals surface area contributed by atoms with E-state index < -0.39 is 10.0 Å². The van der Waals surface area contributed by atoms with Crippen LogP contribution in [-0.4, -0.2) is 27.1 Å². The van der Waals surface area contributed by atoms with Gasteiger partial charge >= 0.3 is 0 Å². The minimum atomic E-state index is -3.78. The summed E-state index contributed by atoms with van der Waals surface area (Å²) >= 11 is 0. The number of hydrogen-bond acceptors (Lipinski definition) is 5. The minimum Gasteiger partial charge on any atom is -0.494 e. The summed E-state index contributed by atoms with van der Waals surface area (Å²) in [5, 5.41) is 6.37. The van der Waals surface area contributed by atoms with Gasteiger partial charge in [0.25, 0.3) is 10.0 Å². The van der Waals surface area contributed by atoms with Gasteiger partial charge in [-0.1, -0.05) is 13.3 Å². The quantitative estimate of drug-likeness (QED) is 0.391. The molecule has 0 heterocycles. The van der Waals surface area contributed by atoms with E-state index in [4.69, 9.17) is 4.74 Å². The SMILES string of the molecule is CCCCOc1ccc(/C=N/NS(=O)(=O)c2ccc(NC(C)=O)cc2)cc1. The normalized spacial score (nSPS) is 11.3. The van der Waals surface area contributed by atoms with E-state index in [1.54, 1.807) is 12.1 Å². The van der Waals surface area contributed by atoms with Crippen LogP contribution in [-0.2, 0) is 14.8 Å². The van der Waals surface area contributed by atoms with Gasteiger partial charge in [0.2, 0.25) is 5.91 Å². The molecule has 1 amide bonds. The molecule has 2 N–H and O–H groups in total. The molecule has 2 aromatic rings. The fraction of sp³-hybridized carbons (Fsp3) is 0.263. The Morgan fingerprint density at radius 3 is 2.37 bits per heavy atom. The molecule has 0 saturated heterocycles. The maximum absolute atomic E-state index is 12.2. The van der Waals surface area contributed by atoms with Gasteiger partial charge in [0, 0.05) is 12.6 Å². The number of rotatable bonds is 9. The molecule has 2 rings (SSSR count). The van der Waals surface area contributed by atoms with Crippen LogP contribution in [0.5, 0.6) is 5.75 Å². The highest BCUT2D eigenvalue weighted by Crippen LogP contribution is 2.14. The second kappa shape index (κ2) is 9.72. The standard InChI is InChI=1S/C19H23N3O4S/c1-3-4-13-26-18-9-5-16(6-10-18)14-20-22-27(24,25)19-11-7-17(8-12-19)21-15(2)23/h5-12,14,22H,3-4,13H2,1-2H3,(H,21,23)/b20-14+. The lowest BCUT2D eigenvalue weighted by atomic mass is 10.2. The lowest BCUT2D eigenvalue weighted by Gasteiger charge is -2.06. The molecule has 27 heavy (non-hydrogen) atoms. The molecular formula is C19H23N3O4S. The van der Waals surface area contributed by atoms with Gasteiger partial charge in [0.1, 0.15) is 5.75 Å².